The van der Waals surface area contributed by atoms with Crippen molar-refractivity contribution >= 4 is 11.9 Å². The molecule has 3 N–H and O–H groups in total. The Labute approximate surface area is 131 Å². The van der Waals surface area contributed by atoms with Crippen molar-refractivity contribution in [2.24, 2.45) is 4.99 Å². The van der Waals surface area contributed by atoms with E-state index in [0.29, 0.717) is 24.6 Å². The molecule has 0 spiro atoms. The van der Waals surface area contributed by atoms with Crippen LogP contribution in [-0.2, 0) is 4.74 Å². The molecule has 0 unspecified atom stereocenters. The summed E-state index contributed by atoms with van der Waals surface area (Å²) < 4.78 is 5.26. The van der Waals surface area contributed by atoms with E-state index in [0.717, 1.165) is 26.2 Å². The van der Waals surface area contributed by atoms with Gasteiger partial charge in [-0.05, 0) is 25.5 Å². The fourth-order valence-electron chi connectivity index (χ4n) is 1.70. The molecule has 0 aliphatic carbocycles. The standard InChI is InChI=1S/C15H25N5O2/c1-3-22-11-5-8-19-15(16-2)20-10-9-18-14(21)13-6-4-7-17-12-13/h4,6-7,12H,3,5,8-11H2,1-2H3,(H,18,21)(H2,16,19,20). The van der Waals surface area contributed by atoms with E-state index in [1.807, 2.05) is 6.92 Å². The fraction of sp³-hybridized carbons (Fsp3) is 0.533. The number of carbonyl (C=O) groups is 1. The number of pyridine rings is 1. The number of aromatic nitrogens is 1. The van der Waals surface area contributed by atoms with E-state index in [1.54, 1.807) is 31.6 Å². The van der Waals surface area contributed by atoms with Gasteiger partial charge in [0.15, 0.2) is 5.96 Å². The molecule has 1 aromatic rings. The Balaban J connectivity index is 2.13. The zero-order chi connectivity index (χ0) is 16.0. The minimum Gasteiger partial charge on any atom is -0.382 e. The first kappa shape index (κ1) is 17.9. The van der Waals surface area contributed by atoms with Gasteiger partial charge in [0.1, 0.15) is 0 Å². The summed E-state index contributed by atoms with van der Waals surface area (Å²) in [6.45, 7) is 5.35. The van der Waals surface area contributed by atoms with E-state index in [1.165, 1.54) is 0 Å². The molecule has 1 heterocycles. The summed E-state index contributed by atoms with van der Waals surface area (Å²) in [7, 11) is 1.71. The van der Waals surface area contributed by atoms with Crippen molar-refractivity contribution < 1.29 is 9.53 Å². The number of rotatable bonds is 9. The lowest BCUT2D eigenvalue weighted by Crippen LogP contribution is -2.42. The van der Waals surface area contributed by atoms with Crippen LogP contribution in [0.15, 0.2) is 29.5 Å². The fourth-order valence-corrected chi connectivity index (χ4v) is 1.70. The van der Waals surface area contributed by atoms with Gasteiger partial charge in [-0.2, -0.15) is 0 Å². The third-order valence-corrected chi connectivity index (χ3v) is 2.81. The highest BCUT2D eigenvalue weighted by molar-refractivity contribution is 5.93. The second-order valence-electron chi connectivity index (χ2n) is 4.47. The highest BCUT2D eigenvalue weighted by atomic mass is 16.5. The van der Waals surface area contributed by atoms with Crippen LogP contribution in [0.5, 0.6) is 0 Å². The first-order valence-electron chi connectivity index (χ1n) is 7.48. The van der Waals surface area contributed by atoms with E-state index >= 15 is 0 Å². The van der Waals surface area contributed by atoms with Gasteiger partial charge in [-0.15, -0.1) is 0 Å². The number of ether oxygens (including phenoxy) is 1. The third kappa shape index (κ3) is 7.58. The first-order chi connectivity index (χ1) is 10.8. The minimum atomic E-state index is -0.130. The Morgan fingerprint density at radius 1 is 1.27 bits per heavy atom. The summed E-state index contributed by atoms with van der Waals surface area (Å²) in [5.74, 6) is 0.585. The third-order valence-electron chi connectivity index (χ3n) is 2.81. The lowest BCUT2D eigenvalue weighted by Gasteiger charge is -2.12. The van der Waals surface area contributed by atoms with Crippen LogP contribution in [0.4, 0.5) is 0 Å². The van der Waals surface area contributed by atoms with Gasteiger partial charge in [0, 0.05) is 52.3 Å². The van der Waals surface area contributed by atoms with E-state index in [-0.39, 0.29) is 5.91 Å². The predicted octanol–water partition coefficient (Wildman–Crippen LogP) is 0.403. The van der Waals surface area contributed by atoms with Crippen LogP contribution in [0.2, 0.25) is 0 Å². The summed E-state index contributed by atoms with van der Waals surface area (Å²) >= 11 is 0. The van der Waals surface area contributed by atoms with Gasteiger partial charge < -0.3 is 20.7 Å². The van der Waals surface area contributed by atoms with Crippen LogP contribution in [0.1, 0.15) is 23.7 Å². The van der Waals surface area contributed by atoms with Crippen molar-refractivity contribution in [2.75, 3.05) is 39.9 Å². The van der Waals surface area contributed by atoms with Gasteiger partial charge in [-0.25, -0.2) is 0 Å². The van der Waals surface area contributed by atoms with Crippen molar-refractivity contribution in [3.63, 3.8) is 0 Å². The molecular weight excluding hydrogens is 282 g/mol. The second kappa shape index (κ2) is 11.5. The van der Waals surface area contributed by atoms with Crippen LogP contribution in [0.3, 0.4) is 0 Å². The molecular formula is C15H25N5O2. The Morgan fingerprint density at radius 3 is 2.73 bits per heavy atom. The first-order valence-corrected chi connectivity index (χ1v) is 7.48. The Hall–Kier alpha value is -2.15. The molecule has 1 aromatic heterocycles. The summed E-state index contributed by atoms with van der Waals surface area (Å²) in [5, 5.41) is 9.14. The Bertz CT molecular complexity index is 451. The molecule has 22 heavy (non-hydrogen) atoms. The van der Waals surface area contributed by atoms with E-state index < -0.39 is 0 Å². The SMILES string of the molecule is CCOCCCNC(=NC)NCCNC(=O)c1cccnc1. The van der Waals surface area contributed by atoms with Crippen molar-refractivity contribution in [3.05, 3.63) is 30.1 Å². The molecule has 0 saturated carbocycles. The number of carbonyl (C=O) groups excluding carboxylic acids is 1. The molecule has 122 valence electrons. The number of aliphatic imine (C=N–C) groups is 1. The number of nitrogens with zero attached hydrogens (tertiary/aromatic N) is 2. The molecule has 0 radical (unpaired) electrons. The lowest BCUT2D eigenvalue weighted by molar-refractivity contribution is 0.0954. The summed E-state index contributed by atoms with van der Waals surface area (Å²) in [5.41, 5.74) is 0.556. The summed E-state index contributed by atoms with van der Waals surface area (Å²) in [6, 6.07) is 3.47. The highest BCUT2D eigenvalue weighted by Crippen LogP contribution is 1.94. The van der Waals surface area contributed by atoms with E-state index in [9.17, 15) is 4.79 Å². The maximum Gasteiger partial charge on any atom is 0.252 e. The normalized spacial score (nSPS) is 11.1. The van der Waals surface area contributed by atoms with E-state index in [2.05, 4.69) is 25.9 Å². The van der Waals surface area contributed by atoms with Gasteiger partial charge >= 0.3 is 0 Å². The van der Waals surface area contributed by atoms with E-state index in [4.69, 9.17) is 4.74 Å². The molecule has 1 amide bonds. The quantitative estimate of drug-likeness (QED) is 0.349. The molecule has 0 aliphatic rings. The summed E-state index contributed by atoms with van der Waals surface area (Å²) in [4.78, 5) is 19.8. The van der Waals surface area contributed by atoms with Crippen molar-refractivity contribution in [2.45, 2.75) is 13.3 Å². The molecule has 0 atom stereocenters. The second-order valence-corrected chi connectivity index (χ2v) is 4.47. The molecule has 0 bridgehead atoms. The number of hydrogen-bond donors (Lipinski definition) is 3. The maximum absolute atomic E-state index is 11.8. The number of guanidine groups is 1. The molecule has 7 heteroatoms. The lowest BCUT2D eigenvalue weighted by atomic mass is 10.3. The smallest absolute Gasteiger partial charge is 0.252 e. The van der Waals surface area contributed by atoms with Gasteiger partial charge in [0.25, 0.3) is 5.91 Å². The minimum absolute atomic E-state index is 0.130. The van der Waals surface area contributed by atoms with Crippen LogP contribution in [-0.4, -0.2) is 56.7 Å². The average Bonchev–Trinajstić information content (AvgIpc) is 2.57. The van der Waals surface area contributed by atoms with Gasteiger partial charge in [0.05, 0.1) is 5.56 Å². The number of nitrogens with one attached hydrogen (secondary N) is 3. The molecule has 0 saturated heterocycles. The zero-order valence-corrected chi connectivity index (χ0v) is 13.3. The monoisotopic (exact) mass is 307 g/mol. The van der Waals surface area contributed by atoms with Crippen LogP contribution >= 0.6 is 0 Å². The Morgan fingerprint density at radius 2 is 2.05 bits per heavy atom. The Kier molecular flexibility index (Phi) is 9.36. The van der Waals surface area contributed by atoms with Crippen LogP contribution < -0.4 is 16.0 Å². The predicted molar refractivity (Wildman–Crippen MR) is 87.0 cm³/mol. The van der Waals surface area contributed by atoms with Gasteiger partial charge in [-0.1, -0.05) is 0 Å². The zero-order valence-electron chi connectivity index (χ0n) is 13.3. The molecule has 1 rings (SSSR count). The maximum atomic E-state index is 11.8. The topological polar surface area (TPSA) is 87.6 Å². The highest BCUT2D eigenvalue weighted by Gasteiger charge is 2.03. The number of amides is 1. The molecule has 0 aromatic carbocycles. The van der Waals surface area contributed by atoms with Crippen LogP contribution in [0.25, 0.3) is 0 Å². The molecule has 0 aliphatic heterocycles. The van der Waals surface area contributed by atoms with Crippen molar-refractivity contribution in [3.8, 4) is 0 Å². The van der Waals surface area contributed by atoms with Crippen molar-refractivity contribution in [1.29, 1.82) is 0 Å². The van der Waals surface area contributed by atoms with Crippen LogP contribution in [0, 0.1) is 0 Å². The van der Waals surface area contributed by atoms with Crippen molar-refractivity contribution in [1.82, 2.24) is 20.9 Å². The molecule has 7 nitrogen and oxygen atoms in total. The largest absolute Gasteiger partial charge is 0.382 e. The summed E-state index contributed by atoms with van der Waals surface area (Å²) in [6.07, 6.45) is 4.10. The number of hydrogen-bond acceptors (Lipinski definition) is 4. The van der Waals surface area contributed by atoms with Gasteiger partial charge in [0.2, 0.25) is 0 Å². The molecule has 0 fully saturated rings. The average molecular weight is 307 g/mol. The van der Waals surface area contributed by atoms with Gasteiger partial charge in [-0.3, -0.25) is 14.8 Å².